The van der Waals surface area contributed by atoms with Gasteiger partial charge < -0.3 is 14.8 Å². The van der Waals surface area contributed by atoms with Crippen molar-refractivity contribution in [2.75, 3.05) is 19.5 Å². The third-order valence-electron chi connectivity index (χ3n) is 4.14. The van der Waals surface area contributed by atoms with Crippen molar-refractivity contribution >= 4 is 11.6 Å². The molecule has 8 nitrogen and oxygen atoms in total. The lowest BCUT2D eigenvalue weighted by atomic mass is 10.1. The lowest BCUT2D eigenvalue weighted by molar-refractivity contribution is -0.116. The van der Waals surface area contributed by atoms with E-state index >= 15 is 0 Å². The van der Waals surface area contributed by atoms with Gasteiger partial charge in [-0.2, -0.15) is 0 Å². The number of rotatable bonds is 7. The topological polar surface area (TPSA) is 91.2 Å². The van der Waals surface area contributed by atoms with Gasteiger partial charge in [-0.05, 0) is 59.2 Å². The molecule has 0 radical (unpaired) electrons. The van der Waals surface area contributed by atoms with E-state index in [1.807, 2.05) is 37.3 Å². The summed E-state index contributed by atoms with van der Waals surface area (Å²) in [5.74, 6) is 1.33. The van der Waals surface area contributed by atoms with Crippen LogP contribution in [0.1, 0.15) is 17.5 Å². The number of carbonyl (C=O) groups is 1. The van der Waals surface area contributed by atoms with Crippen LogP contribution in [0.15, 0.2) is 42.7 Å². The molecule has 1 aromatic heterocycles. The minimum Gasteiger partial charge on any atom is -0.497 e. The van der Waals surface area contributed by atoms with Gasteiger partial charge in [-0.15, -0.1) is 5.10 Å². The Labute approximate surface area is 157 Å². The zero-order valence-corrected chi connectivity index (χ0v) is 15.5. The molecule has 0 saturated heterocycles. The van der Waals surface area contributed by atoms with Crippen molar-refractivity contribution in [3.63, 3.8) is 0 Å². The fraction of sp³-hybridized carbons (Fsp3) is 0.263. The molecule has 1 N–H and O–H groups in total. The quantitative estimate of drug-likeness (QED) is 0.690. The molecule has 3 rings (SSSR count). The molecule has 0 aliphatic heterocycles. The highest BCUT2D eigenvalue weighted by atomic mass is 16.5. The van der Waals surface area contributed by atoms with Crippen LogP contribution in [-0.2, 0) is 11.2 Å². The Kier molecular flexibility index (Phi) is 5.65. The van der Waals surface area contributed by atoms with Gasteiger partial charge in [0, 0.05) is 18.2 Å². The lowest BCUT2D eigenvalue weighted by Crippen LogP contribution is -2.13. The molecule has 0 bridgehead atoms. The van der Waals surface area contributed by atoms with Crippen LogP contribution >= 0.6 is 0 Å². The molecule has 0 aliphatic carbocycles. The number of nitrogens with one attached hydrogen (secondary N) is 1. The second-order valence-corrected chi connectivity index (χ2v) is 6.02. The Morgan fingerprint density at radius 2 is 1.85 bits per heavy atom. The molecule has 140 valence electrons. The molecule has 0 spiro atoms. The van der Waals surface area contributed by atoms with Crippen LogP contribution in [0, 0.1) is 6.92 Å². The fourth-order valence-electron chi connectivity index (χ4n) is 2.70. The van der Waals surface area contributed by atoms with E-state index in [9.17, 15) is 4.79 Å². The summed E-state index contributed by atoms with van der Waals surface area (Å²) in [4.78, 5) is 12.4. The van der Waals surface area contributed by atoms with E-state index < -0.39 is 0 Å². The summed E-state index contributed by atoms with van der Waals surface area (Å²) in [7, 11) is 3.20. The first kappa shape index (κ1) is 18.4. The average molecular weight is 367 g/mol. The molecule has 1 heterocycles. The number of ether oxygens (including phenoxy) is 2. The molecular formula is C19H21N5O3. The number of aromatic nitrogens is 4. The number of hydrogen-bond donors (Lipinski definition) is 1. The molecule has 1 amide bonds. The highest BCUT2D eigenvalue weighted by Crippen LogP contribution is 2.23. The van der Waals surface area contributed by atoms with Gasteiger partial charge in [-0.25, -0.2) is 4.68 Å². The fourth-order valence-corrected chi connectivity index (χ4v) is 2.70. The number of anilines is 1. The van der Waals surface area contributed by atoms with Crippen LogP contribution in [0.5, 0.6) is 11.5 Å². The van der Waals surface area contributed by atoms with Gasteiger partial charge in [0.1, 0.15) is 17.8 Å². The summed E-state index contributed by atoms with van der Waals surface area (Å²) in [6.45, 7) is 1.96. The summed E-state index contributed by atoms with van der Waals surface area (Å²) >= 11 is 0. The maximum absolute atomic E-state index is 12.4. The molecule has 3 aromatic rings. The van der Waals surface area contributed by atoms with Gasteiger partial charge in [0.05, 0.1) is 19.9 Å². The predicted octanol–water partition coefficient (Wildman–Crippen LogP) is 2.56. The maximum atomic E-state index is 12.4. The summed E-state index contributed by atoms with van der Waals surface area (Å²) in [6, 6.07) is 11.2. The summed E-state index contributed by atoms with van der Waals surface area (Å²) in [5.41, 5.74) is 3.48. The zero-order chi connectivity index (χ0) is 19.2. The van der Waals surface area contributed by atoms with Gasteiger partial charge in [-0.1, -0.05) is 6.07 Å². The molecule has 0 unspecified atom stereocenters. The molecule has 2 aromatic carbocycles. The Balaban J connectivity index is 1.66. The van der Waals surface area contributed by atoms with Gasteiger partial charge in [0.15, 0.2) is 0 Å². The molecule has 0 atom stereocenters. The zero-order valence-electron chi connectivity index (χ0n) is 15.5. The number of methoxy groups -OCH3 is 2. The van der Waals surface area contributed by atoms with E-state index in [2.05, 4.69) is 20.8 Å². The van der Waals surface area contributed by atoms with E-state index in [4.69, 9.17) is 9.47 Å². The van der Waals surface area contributed by atoms with E-state index in [0.29, 0.717) is 30.0 Å². The lowest BCUT2D eigenvalue weighted by Gasteiger charge is -2.10. The first-order valence-corrected chi connectivity index (χ1v) is 8.45. The standard InChI is InChI=1S/C19H21N5O3/c1-13-4-6-15(10-18(13)24-12-20-22-23-24)21-19(25)7-5-14-8-16(26-2)11-17(9-14)27-3/h4,6,8-12H,5,7H2,1-3H3,(H,21,25). The largest absolute Gasteiger partial charge is 0.497 e. The molecule has 0 fully saturated rings. The van der Waals surface area contributed by atoms with Crippen molar-refractivity contribution in [3.05, 3.63) is 53.9 Å². The van der Waals surface area contributed by atoms with Crippen molar-refractivity contribution < 1.29 is 14.3 Å². The molecule has 8 heteroatoms. The van der Waals surface area contributed by atoms with Crippen molar-refractivity contribution in [2.24, 2.45) is 0 Å². The first-order chi connectivity index (χ1) is 13.1. The van der Waals surface area contributed by atoms with Crippen LogP contribution in [0.25, 0.3) is 5.69 Å². The number of amides is 1. The van der Waals surface area contributed by atoms with E-state index in [-0.39, 0.29) is 5.91 Å². The second-order valence-electron chi connectivity index (χ2n) is 6.02. The highest BCUT2D eigenvalue weighted by Gasteiger charge is 2.09. The minimum atomic E-state index is -0.0803. The Morgan fingerprint density at radius 3 is 2.48 bits per heavy atom. The van der Waals surface area contributed by atoms with Crippen LogP contribution in [-0.4, -0.2) is 40.3 Å². The number of hydrogen-bond acceptors (Lipinski definition) is 6. The van der Waals surface area contributed by atoms with Crippen molar-refractivity contribution in [1.29, 1.82) is 0 Å². The predicted molar refractivity (Wildman–Crippen MR) is 100 cm³/mol. The van der Waals surface area contributed by atoms with Crippen molar-refractivity contribution in [3.8, 4) is 17.2 Å². The SMILES string of the molecule is COc1cc(CCC(=O)Nc2ccc(C)c(-n3cnnn3)c2)cc(OC)c1. The normalized spacial score (nSPS) is 10.5. The maximum Gasteiger partial charge on any atom is 0.224 e. The van der Waals surface area contributed by atoms with E-state index in [1.54, 1.807) is 25.0 Å². The highest BCUT2D eigenvalue weighted by molar-refractivity contribution is 5.91. The summed E-state index contributed by atoms with van der Waals surface area (Å²) in [5, 5.41) is 14.1. The summed E-state index contributed by atoms with van der Waals surface area (Å²) < 4.78 is 12.1. The van der Waals surface area contributed by atoms with Crippen LogP contribution in [0.4, 0.5) is 5.69 Å². The van der Waals surface area contributed by atoms with Crippen LogP contribution in [0.2, 0.25) is 0 Å². The van der Waals surface area contributed by atoms with Crippen molar-refractivity contribution in [2.45, 2.75) is 19.8 Å². The average Bonchev–Trinajstić information content (AvgIpc) is 3.22. The van der Waals surface area contributed by atoms with Gasteiger partial charge in [0.2, 0.25) is 5.91 Å². The molecular weight excluding hydrogens is 346 g/mol. The Bertz CT molecular complexity index is 903. The number of benzene rings is 2. The third kappa shape index (κ3) is 4.60. The first-order valence-electron chi connectivity index (χ1n) is 8.45. The monoisotopic (exact) mass is 367 g/mol. The number of carbonyl (C=O) groups excluding carboxylic acids is 1. The van der Waals surface area contributed by atoms with Gasteiger partial charge in [0.25, 0.3) is 0 Å². The minimum absolute atomic E-state index is 0.0803. The Morgan fingerprint density at radius 1 is 1.11 bits per heavy atom. The third-order valence-corrected chi connectivity index (χ3v) is 4.14. The number of tetrazole rings is 1. The van der Waals surface area contributed by atoms with Crippen LogP contribution in [0.3, 0.4) is 0 Å². The Hall–Kier alpha value is -3.42. The number of aryl methyl sites for hydroxylation is 2. The molecule has 0 saturated carbocycles. The van der Waals surface area contributed by atoms with E-state index in [0.717, 1.165) is 16.8 Å². The molecule has 27 heavy (non-hydrogen) atoms. The second kappa shape index (κ2) is 8.31. The number of nitrogens with zero attached hydrogens (tertiary/aromatic N) is 4. The summed E-state index contributed by atoms with van der Waals surface area (Å²) in [6.07, 6.45) is 2.43. The van der Waals surface area contributed by atoms with Crippen LogP contribution < -0.4 is 14.8 Å². The smallest absolute Gasteiger partial charge is 0.224 e. The van der Waals surface area contributed by atoms with Gasteiger partial charge >= 0.3 is 0 Å². The van der Waals surface area contributed by atoms with Gasteiger partial charge in [-0.3, -0.25) is 4.79 Å². The van der Waals surface area contributed by atoms with Crippen molar-refractivity contribution in [1.82, 2.24) is 20.2 Å². The van der Waals surface area contributed by atoms with E-state index in [1.165, 1.54) is 6.33 Å². The molecule has 0 aliphatic rings.